The van der Waals surface area contributed by atoms with Crippen LogP contribution in [-0.4, -0.2) is 188 Å². The molecule has 2 heterocycles. The summed E-state index contributed by atoms with van der Waals surface area (Å²) in [5, 5.41) is 101. The number of nitrogens with one attached hydrogen (secondary N) is 3. The van der Waals surface area contributed by atoms with Crippen LogP contribution in [0.4, 0.5) is 0 Å². The third kappa shape index (κ3) is 19.8. The Bertz CT molecular complexity index is 1390. The molecule has 0 radical (unpaired) electrons. The number of pyridine rings is 1. The van der Waals surface area contributed by atoms with Crippen molar-refractivity contribution in [2.45, 2.75) is 88.1 Å². The standard InChI is InChI=1S/C35H57N7O15.Gd/c43-19-24(46)14-36-30(49)7-4-27(33(52)53)40-10-12-41(28(34(54)55)5-8-31(50)37-15-25(47)20-44)17-22-2-1-3-23(39-22)18-42(13-11-40)29(35(56)57)6-9-32(51)38-16-26(48)21-45;/h1-3,24-29,43-48H,4-21H2,(H,36,49)(H,37,50)(H,38,51)(H,52,53)(H,54,55)(H,56,57);/p-3. The van der Waals surface area contributed by atoms with Crippen LogP contribution in [-0.2, 0) is 41.9 Å². The van der Waals surface area contributed by atoms with Crippen molar-refractivity contribution >= 4 is 35.6 Å². The van der Waals surface area contributed by atoms with Gasteiger partial charge in [0, 0.05) is 124 Å². The molecule has 0 fully saturated rings. The Labute approximate surface area is 367 Å². The van der Waals surface area contributed by atoms with Crippen molar-refractivity contribution in [1.29, 1.82) is 0 Å². The number of carbonyl (C=O) groups is 6. The Balaban J connectivity index is 0.0000168. The monoisotopic (exact) mass is 970 g/mol. The first kappa shape index (κ1) is 53.0. The summed E-state index contributed by atoms with van der Waals surface area (Å²) in [5.74, 6) is -6.59. The third-order valence-corrected chi connectivity index (χ3v) is 9.25. The number of aromatic nitrogens is 1. The molecule has 0 saturated heterocycles. The number of hydrogen-bond acceptors (Lipinski definition) is 19. The number of aliphatic hydroxyl groups excluding tert-OH is 6. The second-order valence-electron chi connectivity index (χ2n) is 13.6. The first-order valence-corrected chi connectivity index (χ1v) is 18.5. The first-order chi connectivity index (χ1) is 27.1. The van der Waals surface area contributed by atoms with Crippen LogP contribution in [0, 0.1) is 39.9 Å². The Morgan fingerprint density at radius 2 is 0.862 bits per heavy atom. The Kier molecular flexibility index (Phi) is 25.9. The fraction of sp³-hybridized carbons (Fsp3) is 0.686. The molecular formula is C35H54GdN7O15-3. The zero-order valence-corrected chi connectivity index (χ0v) is 34.2. The Morgan fingerprint density at radius 1 is 0.569 bits per heavy atom. The summed E-state index contributed by atoms with van der Waals surface area (Å²) in [5.41, 5.74) is 0.651. The summed E-state index contributed by atoms with van der Waals surface area (Å²) in [6.07, 6.45) is -5.63. The Hall–Kier alpha value is -3.07. The molecule has 1 aliphatic rings. The zero-order valence-electron chi connectivity index (χ0n) is 31.9. The van der Waals surface area contributed by atoms with E-state index in [1.165, 1.54) is 14.7 Å². The number of carboxylic acid groups (broad SMARTS) is 3. The van der Waals surface area contributed by atoms with Crippen molar-refractivity contribution in [3.05, 3.63) is 29.6 Å². The minimum atomic E-state index is -1.60. The van der Waals surface area contributed by atoms with Gasteiger partial charge in [0.25, 0.3) is 0 Å². The van der Waals surface area contributed by atoms with E-state index in [-0.39, 0.29) is 137 Å². The van der Waals surface area contributed by atoms with Gasteiger partial charge in [-0.3, -0.25) is 34.1 Å². The molecule has 0 saturated carbocycles. The third-order valence-electron chi connectivity index (χ3n) is 9.25. The molecule has 0 spiro atoms. The maximum Gasteiger partial charge on any atom is 0.220 e. The predicted molar refractivity (Wildman–Crippen MR) is 189 cm³/mol. The number of carbonyl (C=O) groups excluding carboxylic acids is 6. The summed E-state index contributed by atoms with van der Waals surface area (Å²) in [4.78, 5) is 84.0. The van der Waals surface area contributed by atoms with E-state index in [2.05, 4.69) is 20.9 Å². The van der Waals surface area contributed by atoms with Crippen molar-refractivity contribution in [2.75, 3.05) is 65.6 Å². The SMILES string of the molecule is O=C(CCC(C(=O)[O-])N1CCN(C(CCC(=O)NCC(O)CO)C(=O)[O-])Cc2cccc(n2)CN(C(CCC(=O)NCC(O)CO)C(=O)[O-])CC1)NCC(O)CO.[Gd]. The van der Waals surface area contributed by atoms with Gasteiger partial charge in [0.2, 0.25) is 17.7 Å². The molecule has 1 aromatic heterocycles. The largest absolute Gasteiger partial charge is 0.548 e. The average Bonchev–Trinajstić information content (AvgIpc) is 3.17. The van der Waals surface area contributed by atoms with E-state index in [1.54, 1.807) is 18.2 Å². The van der Waals surface area contributed by atoms with Crippen LogP contribution >= 0.6 is 0 Å². The van der Waals surface area contributed by atoms with E-state index in [9.17, 15) is 59.4 Å². The molecule has 0 aromatic carbocycles. The molecule has 2 rings (SSSR count). The van der Waals surface area contributed by atoms with E-state index in [4.69, 9.17) is 15.3 Å². The molecule has 3 amide bonds. The van der Waals surface area contributed by atoms with Gasteiger partial charge in [-0.15, -0.1) is 0 Å². The fourth-order valence-electron chi connectivity index (χ4n) is 6.05. The van der Waals surface area contributed by atoms with Crippen LogP contribution < -0.4 is 31.3 Å². The number of rotatable bonds is 24. The van der Waals surface area contributed by atoms with E-state index in [0.717, 1.165) is 0 Å². The van der Waals surface area contributed by atoms with Gasteiger partial charge in [-0.2, -0.15) is 0 Å². The molecule has 23 heteroatoms. The van der Waals surface area contributed by atoms with Crippen molar-refractivity contribution in [3.8, 4) is 0 Å². The molecule has 330 valence electrons. The van der Waals surface area contributed by atoms with Crippen LogP contribution in [0.5, 0.6) is 0 Å². The normalized spacial score (nSPS) is 17.4. The van der Waals surface area contributed by atoms with Gasteiger partial charge in [-0.05, 0) is 31.4 Å². The van der Waals surface area contributed by atoms with Crippen molar-refractivity contribution in [2.24, 2.45) is 0 Å². The minimum absolute atomic E-state index is 0. The van der Waals surface area contributed by atoms with Crippen LogP contribution in [0.2, 0.25) is 0 Å². The molecule has 0 aliphatic carbocycles. The maximum atomic E-state index is 12.6. The number of carboxylic acids is 3. The number of hydrogen-bond donors (Lipinski definition) is 9. The minimum Gasteiger partial charge on any atom is -0.548 e. The molecule has 1 aliphatic heterocycles. The van der Waals surface area contributed by atoms with Crippen LogP contribution in [0.1, 0.15) is 49.9 Å². The Morgan fingerprint density at radius 3 is 1.16 bits per heavy atom. The number of aliphatic hydroxyl groups is 6. The topological polar surface area (TPSA) is 352 Å². The van der Waals surface area contributed by atoms with Gasteiger partial charge < -0.3 is 76.3 Å². The number of nitrogens with zero attached hydrogens (tertiary/aromatic N) is 4. The fourth-order valence-corrected chi connectivity index (χ4v) is 6.05. The maximum absolute atomic E-state index is 12.6. The van der Waals surface area contributed by atoms with E-state index >= 15 is 0 Å². The summed E-state index contributed by atoms with van der Waals surface area (Å²) < 4.78 is 0. The molecule has 22 nitrogen and oxygen atoms in total. The second-order valence-corrected chi connectivity index (χ2v) is 13.6. The summed E-state index contributed by atoms with van der Waals surface area (Å²) in [6.45, 7) is -3.72. The van der Waals surface area contributed by atoms with Crippen molar-refractivity contribution in [1.82, 2.24) is 35.6 Å². The van der Waals surface area contributed by atoms with Gasteiger partial charge in [-0.1, -0.05) is 6.07 Å². The van der Waals surface area contributed by atoms with Gasteiger partial charge >= 0.3 is 0 Å². The van der Waals surface area contributed by atoms with Gasteiger partial charge in [0.15, 0.2) is 0 Å². The van der Waals surface area contributed by atoms with Gasteiger partial charge in [0.1, 0.15) is 0 Å². The number of amides is 3. The van der Waals surface area contributed by atoms with E-state index in [1.807, 2.05) is 0 Å². The molecule has 2 bridgehead atoms. The van der Waals surface area contributed by atoms with Crippen LogP contribution in [0.3, 0.4) is 0 Å². The van der Waals surface area contributed by atoms with Crippen molar-refractivity contribution < 1.29 is 115 Å². The van der Waals surface area contributed by atoms with Gasteiger partial charge in [-0.25, -0.2) is 0 Å². The first-order valence-electron chi connectivity index (χ1n) is 18.5. The quantitative estimate of drug-likeness (QED) is 0.0464. The molecular weight excluding hydrogens is 916 g/mol. The summed E-state index contributed by atoms with van der Waals surface area (Å²) in [7, 11) is 0. The molecule has 58 heavy (non-hydrogen) atoms. The van der Waals surface area contributed by atoms with Crippen LogP contribution in [0.15, 0.2) is 18.2 Å². The predicted octanol–water partition coefficient (Wildman–Crippen LogP) is -8.89. The second kappa shape index (κ2) is 28.4. The summed E-state index contributed by atoms with van der Waals surface area (Å²) >= 11 is 0. The van der Waals surface area contributed by atoms with Crippen molar-refractivity contribution in [3.63, 3.8) is 0 Å². The number of fused-ring (bicyclic) bond motifs is 2. The molecule has 6 atom stereocenters. The van der Waals surface area contributed by atoms with Crippen LogP contribution in [0.25, 0.3) is 0 Å². The van der Waals surface area contributed by atoms with E-state index < -0.39 is 91.9 Å². The summed E-state index contributed by atoms with van der Waals surface area (Å²) in [6, 6.07) is 0.459. The average molecular weight is 970 g/mol. The molecule has 6 unspecified atom stereocenters. The van der Waals surface area contributed by atoms with Gasteiger partial charge in [0.05, 0.1) is 79.5 Å². The zero-order chi connectivity index (χ0) is 42.5. The van der Waals surface area contributed by atoms with E-state index in [0.29, 0.717) is 11.4 Å². The molecule has 1 aromatic rings. The number of aliphatic carboxylic acids is 3. The smallest absolute Gasteiger partial charge is 0.220 e. The molecule has 9 N–H and O–H groups in total.